The molecule has 0 aliphatic carbocycles. The van der Waals surface area contributed by atoms with Gasteiger partial charge in [0.25, 0.3) is 12.9 Å². The summed E-state index contributed by atoms with van der Waals surface area (Å²) in [5.41, 5.74) is 0. The fraction of sp³-hybridized carbons (Fsp3) is 1.00. The maximum absolute atomic E-state index is 11.4. The van der Waals surface area contributed by atoms with Crippen LogP contribution in [0.3, 0.4) is 0 Å². The number of phosphoric acid groups is 1. The molecular formula is C12H26F4NO4P. The van der Waals surface area contributed by atoms with Crippen LogP contribution < -0.4 is 5.32 Å². The van der Waals surface area contributed by atoms with E-state index >= 15 is 0 Å². The van der Waals surface area contributed by atoms with E-state index in [1.807, 2.05) is 0 Å². The molecule has 0 rings (SSSR count). The summed E-state index contributed by atoms with van der Waals surface area (Å²) in [4.78, 5) is 8.46. The molecule has 0 unspecified atom stereocenters. The Kier molecular flexibility index (Phi) is 17.1. The number of nitrogens with one attached hydrogen (secondary N) is 1. The lowest BCUT2D eigenvalue weighted by molar-refractivity contribution is 0.0292. The molecule has 0 aliphatic heterocycles. The van der Waals surface area contributed by atoms with Crippen LogP contribution in [0.15, 0.2) is 0 Å². The van der Waals surface area contributed by atoms with Crippen LogP contribution in [0.1, 0.15) is 39.5 Å². The molecule has 0 amide bonds. The van der Waals surface area contributed by atoms with E-state index in [-0.39, 0.29) is 0 Å². The van der Waals surface area contributed by atoms with E-state index in [2.05, 4.69) is 28.2 Å². The van der Waals surface area contributed by atoms with Crippen molar-refractivity contribution in [3.63, 3.8) is 0 Å². The molecule has 0 atom stereocenters. The average molecular weight is 355 g/mol. The summed E-state index contributed by atoms with van der Waals surface area (Å²) in [5.74, 6) is 0. The summed E-state index contributed by atoms with van der Waals surface area (Å²) in [6.07, 6.45) is -0.669. The van der Waals surface area contributed by atoms with Gasteiger partial charge in [-0.1, -0.05) is 26.7 Å². The topological polar surface area (TPSA) is 67.8 Å². The van der Waals surface area contributed by atoms with Crippen LogP contribution in [0.5, 0.6) is 0 Å². The average Bonchev–Trinajstić information content (AvgIpc) is 2.44. The van der Waals surface area contributed by atoms with Gasteiger partial charge in [-0.3, -0.25) is 9.05 Å². The first kappa shape index (κ1) is 24.0. The second kappa shape index (κ2) is 15.7. The molecule has 22 heavy (non-hydrogen) atoms. The van der Waals surface area contributed by atoms with Crippen molar-refractivity contribution in [2.45, 2.75) is 52.4 Å². The Morgan fingerprint density at radius 3 is 1.59 bits per heavy atom. The first-order valence-corrected chi connectivity index (χ1v) is 8.63. The molecule has 0 saturated carbocycles. The van der Waals surface area contributed by atoms with Crippen molar-refractivity contribution >= 4 is 7.82 Å². The molecule has 0 bridgehead atoms. The molecular weight excluding hydrogens is 329 g/mol. The molecule has 0 spiro atoms. The predicted molar refractivity (Wildman–Crippen MR) is 76.4 cm³/mol. The molecule has 2 N–H and O–H groups in total. The second-order valence-corrected chi connectivity index (χ2v) is 5.75. The summed E-state index contributed by atoms with van der Waals surface area (Å²) in [7, 11) is -4.76. The fourth-order valence-electron chi connectivity index (χ4n) is 1.07. The van der Waals surface area contributed by atoms with Gasteiger partial charge in [-0.05, 0) is 25.9 Å². The molecule has 0 aromatic heterocycles. The Hall–Kier alpha value is -0.210. The number of rotatable bonds is 12. The van der Waals surface area contributed by atoms with Crippen molar-refractivity contribution in [3.05, 3.63) is 0 Å². The first-order valence-electron chi connectivity index (χ1n) is 7.14. The SMILES string of the molecule is CCCCNCCCC.O=P(O)(OCC(F)F)OCC(F)F. The van der Waals surface area contributed by atoms with Gasteiger partial charge in [0.2, 0.25) is 0 Å². The van der Waals surface area contributed by atoms with Crippen LogP contribution in [-0.2, 0) is 13.6 Å². The Bertz CT molecular complexity index is 264. The quantitative estimate of drug-likeness (QED) is 0.316. The molecule has 10 heteroatoms. The Morgan fingerprint density at radius 1 is 0.955 bits per heavy atom. The smallest absolute Gasteiger partial charge is 0.317 e. The van der Waals surface area contributed by atoms with Gasteiger partial charge in [0.15, 0.2) is 0 Å². The number of hydrogen-bond donors (Lipinski definition) is 2. The first-order chi connectivity index (χ1) is 10.2. The van der Waals surface area contributed by atoms with Gasteiger partial charge in [-0.25, -0.2) is 22.1 Å². The number of hydrogen-bond acceptors (Lipinski definition) is 4. The Morgan fingerprint density at radius 2 is 1.32 bits per heavy atom. The number of halogens is 4. The van der Waals surface area contributed by atoms with Crippen LogP contribution in [0.4, 0.5) is 17.6 Å². The van der Waals surface area contributed by atoms with E-state index < -0.39 is 33.9 Å². The van der Waals surface area contributed by atoms with E-state index in [0.29, 0.717) is 0 Å². The standard InChI is InChI=1S/C8H19N.C4H7F4O4P/c1-3-5-7-9-8-6-4-2;5-3(6)1-11-13(9,10)12-2-4(7)8/h9H,3-8H2,1-2H3;3-4H,1-2H2,(H,9,10). The zero-order valence-electron chi connectivity index (χ0n) is 12.9. The summed E-state index contributed by atoms with van der Waals surface area (Å²) in [5, 5.41) is 3.39. The zero-order valence-corrected chi connectivity index (χ0v) is 13.8. The molecule has 0 aromatic carbocycles. The molecule has 0 aliphatic rings. The highest BCUT2D eigenvalue weighted by molar-refractivity contribution is 7.47. The lowest BCUT2D eigenvalue weighted by Gasteiger charge is -2.10. The highest BCUT2D eigenvalue weighted by atomic mass is 31.2. The molecule has 136 valence electrons. The minimum absolute atomic E-state index is 1.20. The summed E-state index contributed by atoms with van der Waals surface area (Å²) >= 11 is 0. The second-order valence-electron chi connectivity index (χ2n) is 4.30. The lowest BCUT2D eigenvalue weighted by Crippen LogP contribution is -2.15. The van der Waals surface area contributed by atoms with Crippen LogP contribution in [-0.4, -0.2) is 44.0 Å². The van der Waals surface area contributed by atoms with Crippen molar-refractivity contribution in [2.75, 3.05) is 26.3 Å². The van der Waals surface area contributed by atoms with Gasteiger partial charge in [-0.2, -0.15) is 0 Å². The van der Waals surface area contributed by atoms with Crippen LogP contribution >= 0.6 is 7.82 Å². The molecule has 0 saturated heterocycles. The Balaban J connectivity index is 0. The van der Waals surface area contributed by atoms with Crippen molar-refractivity contribution < 1.29 is 36.1 Å². The maximum Gasteiger partial charge on any atom is 0.472 e. The summed E-state index contributed by atoms with van der Waals surface area (Å²) in [6.45, 7) is 4.18. The van der Waals surface area contributed by atoms with Crippen molar-refractivity contribution in [2.24, 2.45) is 0 Å². The van der Waals surface area contributed by atoms with Gasteiger partial charge in [0, 0.05) is 0 Å². The molecule has 0 radical (unpaired) electrons. The molecule has 0 heterocycles. The third-order valence-corrected chi connectivity index (χ3v) is 3.09. The van der Waals surface area contributed by atoms with Gasteiger partial charge >= 0.3 is 7.82 Å². The summed E-state index contributed by atoms with van der Waals surface area (Å²) < 4.78 is 63.4. The minimum atomic E-state index is -4.76. The van der Waals surface area contributed by atoms with Crippen LogP contribution in [0.2, 0.25) is 0 Å². The van der Waals surface area contributed by atoms with E-state index in [4.69, 9.17) is 4.89 Å². The van der Waals surface area contributed by atoms with Gasteiger partial charge in [0.1, 0.15) is 13.2 Å². The third-order valence-electron chi connectivity index (χ3n) is 2.14. The van der Waals surface area contributed by atoms with Crippen molar-refractivity contribution in [3.8, 4) is 0 Å². The zero-order chi connectivity index (χ0) is 17.4. The maximum atomic E-state index is 11.4. The molecule has 0 aromatic rings. The number of alkyl halides is 4. The van der Waals surface area contributed by atoms with E-state index in [0.717, 1.165) is 0 Å². The van der Waals surface area contributed by atoms with Gasteiger partial charge < -0.3 is 10.2 Å². The highest BCUT2D eigenvalue weighted by Crippen LogP contribution is 2.43. The monoisotopic (exact) mass is 355 g/mol. The fourth-order valence-corrected chi connectivity index (χ4v) is 1.74. The van der Waals surface area contributed by atoms with Crippen LogP contribution in [0.25, 0.3) is 0 Å². The van der Waals surface area contributed by atoms with E-state index in [9.17, 15) is 22.1 Å². The predicted octanol–water partition coefficient (Wildman–Crippen LogP) is 3.83. The number of phosphoric ester groups is 1. The third kappa shape index (κ3) is 22.1. The normalized spacial score (nSPS) is 11.7. The lowest BCUT2D eigenvalue weighted by atomic mass is 10.3. The van der Waals surface area contributed by atoms with Crippen molar-refractivity contribution in [1.82, 2.24) is 5.32 Å². The largest absolute Gasteiger partial charge is 0.472 e. The minimum Gasteiger partial charge on any atom is -0.317 e. The van der Waals surface area contributed by atoms with Gasteiger partial charge in [-0.15, -0.1) is 0 Å². The summed E-state index contributed by atoms with van der Waals surface area (Å²) in [6, 6.07) is 0. The molecule has 5 nitrogen and oxygen atoms in total. The molecule has 0 fully saturated rings. The van der Waals surface area contributed by atoms with E-state index in [1.165, 1.54) is 38.8 Å². The van der Waals surface area contributed by atoms with Crippen LogP contribution in [0, 0.1) is 0 Å². The highest BCUT2D eigenvalue weighted by Gasteiger charge is 2.24. The van der Waals surface area contributed by atoms with E-state index in [1.54, 1.807) is 0 Å². The van der Waals surface area contributed by atoms with Crippen molar-refractivity contribution in [1.29, 1.82) is 0 Å². The number of unbranched alkanes of at least 4 members (excludes halogenated alkanes) is 2. The van der Waals surface area contributed by atoms with Gasteiger partial charge in [0.05, 0.1) is 0 Å². The Labute approximate surface area is 129 Å².